The van der Waals surface area contributed by atoms with Crippen molar-refractivity contribution in [1.82, 2.24) is 3.80 Å². The molecule has 1 N–H and O–H groups in total. The number of allylic oxidation sites excluding steroid dienone is 4. The van der Waals surface area contributed by atoms with Crippen molar-refractivity contribution >= 4 is 5.91 Å². The number of hydrogen-bond donors (Lipinski definition) is 1. The maximum atomic E-state index is 12.0. The summed E-state index contributed by atoms with van der Waals surface area (Å²) in [4.78, 5) is 12.0. The summed E-state index contributed by atoms with van der Waals surface area (Å²) < 4.78 is 4.52. The van der Waals surface area contributed by atoms with Crippen LogP contribution in [0.15, 0.2) is 45.9 Å². The third kappa shape index (κ3) is 4.81. The van der Waals surface area contributed by atoms with E-state index in [1.807, 2.05) is 31.2 Å². The molecule has 0 fully saturated rings. The van der Waals surface area contributed by atoms with Crippen molar-refractivity contribution in [3.63, 3.8) is 0 Å². The fourth-order valence-electron chi connectivity index (χ4n) is 1.79. The summed E-state index contributed by atoms with van der Waals surface area (Å²) in [6, 6.07) is 7.71. The zero-order chi connectivity index (χ0) is 12.3. The van der Waals surface area contributed by atoms with Gasteiger partial charge in [-0.1, -0.05) is 0 Å². The Hall–Kier alpha value is -0.536. The molecule has 2 nitrogen and oxygen atoms in total. The van der Waals surface area contributed by atoms with Crippen LogP contribution in [0.3, 0.4) is 0 Å². The largest absolute Gasteiger partial charge is 1.00 e. The van der Waals surface area contributed by atoms with Crippen LogP contribution in [0.1, 0.15) is 29.3 Å². The quantitative estimate of drug-likeness (QED) is 0.586. The molecule has 0 atom stereocenters. The molecule has 1 aromatic carbocycles. The van der Waals surface area contributed by atoms with Gasteiger partial charge in [0.15, 0.2) is 0 Å². The topological polar surface area (TPSA) is 29.1 Å². The van der Waals surface area contributed by atoms with E-state index in [0.29, 0.717) is 0 Å². The van der Waals surface area contributed by atoms with Gasteiger partial charge in [0.05, 0.1) is 0 Å². The van der Waals surface area contributed by atoms with Gasteiger partial charge in [0.1, 0.15) is 0 Å². The Kier molecular flexibility index (Phi) is 8.36. The molecule has 1 aliphatic carbocycles. The fraction of sp³-hybridized carbons (Fsp3) is 0.214. The van der Waals surface area contributed by atoms with Crippen LogP contribution in [0.25, 0.3) is 0 Å². The number of nitrogens with one attached hydrogen (secondary N) is 1. The van der Waals surface area contributed by atoms with Gasteiger partial charge < -0.3 is 24.8 Å². The van der Waals surface area contributed by atoms with Crippen molar-refractivity contribution in [2.24, 2.45) is 0 Å². The van der Waals surface area contributed by atoms with Crippen LogP contribution < -0.4 is 28.6 Å². The number of rotatable bonds is 3. The van der Waals surface area contributed by atoms with Crippen LogP contribution in [0.5, 0.6) is 0 Å². The van der Waals surface area contributed by atoms with Crippen molar-refractivity contribution < 1.29 is 49.0 Å². The normalized spacial score (nSPS) is 12.3. The molecule has 0 bridgehead atoms. The van der Waals surface area contributed by atoms with Gasteiger partial charge in [0, 0.05) is 0 Å². The summed E-state index contributed by atoms with van der Waals surface area (Å²) in [7, 11) is 0. The number of carbonyl (C=O) groups is 1. The monoisotopic (exact) mass is 331 g/mol. The second kappa shape index (κ2) is 8.60. The molecular formula is C14H15Cl2NOTi. The molecule has 1 aliphatic rings. The molecule has 0 heterocycles. The predicted octanol–water partition coefficient (Wildman–Crippen LogP) is -3.04. The maximum Gasteiger partial charge on any atom is -1.00 e. The Labute approximate surface area is 135 Å². The molecule has 0 spiro atoms. The number of amides is 1. The average molecular weight is 332 g/mol. The third-order valence-electron chi connectivity index (χ3n) is 2.88. The molecular weight excluding hydrogens is 317 g/mol. The van der Waals surface area contributed by atoms with Gasteiger partial charge in [-0.25, -0.2) is 0 Å². The first-order valence-corrected chi connectivity index (χ1v) is 7.23. The second-order valence-electron chi connectivity index (χ2n) is 4.16. The number of hydrogen-bond acceptors (Lipinski definition) is 1. The van der Waals surface area contributed by atoms with Crippen LogP contribution >= 0.6 is 0 Å². The Morgan fingerprint density at radius 3 is 2.47 bits per heavy atom. The van der Waals surface area contributed by atoms with E-state index in [-0.39, 0.29) is 30.7 Å². The Morgan fingerprint density at radius 2 is 1.89 bits per heavy atom. The van der Waals surface area contributed by atoms with E-state index >= 15 is 0 Å². The van der Waals surface area contributed by atoms with Gasteiger partial charge in [-0.05, 0) is 0 Å². The van der Waals surface area contributed by atoms with Crippen LogP contribution in [0.4, 0.5) is 0 Å². The first-order chi connectivity index (χ1) is 8.18. The van der Waals surface area contributed by atoms with Crippen molar-refractivity contribution in [2.45, 2.75) is 20.3 Å². The van der Waals surface area contributed by atoms with Crippen molar-refractivity contribution in [2.75, 3.05) is 0 Å². The number of benzene rings is 1. The second-order valence-corrected chi connectivity index (χ2v) is 5.89. The Bertz CT molecular complexity index is 512. The van der Waals surface area contributed by atoms with E-state index in [1.165, 1.54) is 9.45 Å². The first kappa shape index (κ1) is 18.5. The average Bonchev–Trinajstić information content (AvgIpc) is 2.72. The molecule has 1 amide bonds. The zero-order valence-electron chi connectivity index (χ0n) is 10.8. The minimum Gasteiger partial charge on any atom is -1.00 e. The van der Waals surface area contributed by atoms with Gasteiger partial charge in [-0.3, -0.25) is 0 Å². The SMILES string of the molecule is CC1=[C]([Ti+2][NH]C(=O)c2ccccc2C)CC=C1.[Cl-].[Cl-]. The van der Waals surface area contributed by atoms with Crippen LogP contribution in [-0.4, -0.2) is 5.91 Å². The van der Waals surface area contributed by atoms with E-state index in [4.69, 9.17) is 0 Å². The van der Waals surface area contributed by atoms with Gasteiger partial charge in [-0.15, -0.1) is 0 Å². The predicted molar refractivity (Wildman–Crippen MR) is 65.1 cm³/mol. The summed E-state index contributed by atoms with van der Waals surface area (Å²) in [6.45, 7) is 4.08. The van der Waals surface area contributed by atoms with E-state index in [2.05, 4.69) is 22.9 Å². The molecule has 0 unspecified atom stereocenters. The van der Waals surface area contributed by atoms with E-state index in [1.54, 1.807) is 0 Å². The van der Waals surface area contributed by atoms with E-state index in [9.17, 15) is 4.79 Å². The third-order valence-corrected chi connectivity index (χ3v) is 4.84. The summed E-state index contributed by atoms with van der Waals surface area (Å²) in [5.41, 5.74) is 3.15. The number of halogens is 2. The standard InChI is InChI=1S/C8H9NO.C6H7.2ClH.Ti/c1-6-4-2-3-5-7(6)8(9)10;1-6-4-2-3-5-6;;;/h2-5H,1H3,(H2,9,10);2,4H,3H2,1H3;2*1H;/q;;;;+3/p-3. The van der Waals surface area contributed by atoms with Crippen LogP contribution in [-0.2, 0) is 19.4 Å². The fourth-order valence-corrected chi connectivity index (χ4v) is 3.20. The van der Waals surface area contributed by atoms with Crippen molar-refractivity contribution in [3.05, 3.63) is 57.0 Å². The summed E-state index contributed by atoms with van der Waals surface area (Å²) in [6.07, 6.45) is 5.31. The smallest absolute Gasteiger partial charge is 1.00 e. The molecule has 0 radical (unpaired) electrons. The minimum atomic E-state index is -0.520. The minimum absolute atomic E-state index is 0. The molecule has 2 rings (SSSR count). The molecule has 1 aromatic rings. The van der Waals surface area contributed by atoms with Gasteiger partial charge in [-0.2, -0.15) is 0 Å². The molecule has 0 saturated heterocycles. The number of aryl methyl sites for hydroxylation is 1. The molecule has 0 saturated carbocycles. The summed E-state index contributed by atoms with van der Waals surface area (Å²) in [5.74, 6) is 0.0651. The Morgan fingerprint density at radius 1 is 1.21 bits per heavy atom. The summed E-state index contributed by atoms with van der Waals surface area (Å²) in [5, 5.41) is 0. The molecule has 0 aliphatic heterocycles. The van der Waals surface area contributed by atoms with Gasteiger partial charge in [0.2, 0.25) is 0 Å². The zero-order valence-corrected chi connectivity index (χ0v) is 13.9. The molecule has 0 aromatic heterocycles. The van der Waals surface area contributed by atoms with E-state index in [0.717, 1.165) is 17.5 Å². The molecule has 100 valence electrons. The van der Waals surface area contributed by atoms with Gasteiger partial charge >= 0.3 is 111 Å². The number of carbonyl (C=O) groups excluding carboxylic acids is 1. The van der Waals surface area contributed by atoms with E-state index < -0.39 is 19.4 Å². The van der Waals surface area contributed by atoms with Gasteiger partial charge in [0.25, 0.3) is 0 Å². The maximum absolute atomic E-state index is 12.0. The van der Waals surface area contributed by atoms with Crippen molar-refractivity contribution in [3.8, 4) is 0 Å². The van der Waals surface area contributed by atoms with Crippen LogP contribution in [0.2, 0.25) is 0 Å². The molecule has 19 heavy (non-hydrogen) atoms. The van der Waals surface area contributed by atoms with Crippen LogP contribution in [0, 0.1) is 6.92 Å². The Balaban J connectivity index is 0.00000162. The van der Waals surface area contributed by atoms with Crippen molar-refractivity contribution in [1.29, 1.82) is 0 Å². The molecule has 5 heteroatoms. The summed E-state index contributed by atoms with van der Waals surface area (Å²) >= 11 is -0.520. The first-order valence-electron chi connectivity index (χ1n) is 5.67.